The topological polar surface area (TPSA) is 112 Å². The molecular formula is C10H12N4O2S. The normalized spacial score (nSPS) is 19.1. The smallest absolute Gasteiger partial charge is 0.268 e. The molecule has 17 heavy (non-hydrogen) atoms. The van der Waals surface area contributed by atoms with Crippen molar-refractivity contribution in [1.29, 1.82) is 0 Å². The van der Waals surface area contributed by atoms with Crippen molar-refractivity contribution in [2.75, 3.05) is 5.75 Å². The van der Waals surface area contributed by atoms with Gasteiger partial charge in [0.2, 0.25) is 0 Å². The van der Waals surface area contributed by atoms with Crippen LogP contribution in [0.2, 0.25) is 0 Å². The van der Waals surface area contributed by atoms with E-state index in [9.17, 15) is 9.59 Å². The zero-order valence-electron chi connectivity index (χ0n) is 8.96. The van der Waals surface area contributed by atoms with Gasteiger partial charge in [-0.2, -0.15) is 12.6 Å². The summed E-state index contributed by atoms with van der Waals surface area (Å²) < 4.78 is 0. The highest BCUT2D eigenvalue weighted by atomic mass is 32.1. The largest absolute Gasteiger partial charge is 0.364 e. The van der Waals surface area contributed by atoms with Crippen LogP contribution in [0.1, 0.15) is 27.8 Å². The van der Waals surface area contributed by atoms with Crippen molar-refractivity contribution in [1.82, 2.24) is 9.97 Å². The Hall–Kier alpha value is -1.47. The molecule has 0 saturated carbocycles. The van der Waals surface area contributed by atoms with Gasteiger partial charge >= 0.3 is 0 Å². The number of amides is 1. The number of nitrogens with two attached hydrogens (primary N) is 2. The van der Waals surface area contributed by atoms with Crippen LogP contribution in [-0.2, 0) is 11.2 Å². The summed E-state index contributed by atoms with van der Waals surface area (Å²) >= 11 is 3.98. The molecule has 7 heteroatoms. The number of primary amides is 1. The Balaban J connectivity index is 2.20. The molecule has 0 bridgehead atoms. The standard InChI is InChI=1S/C10H12N4O2S/c11-5(3-17)9(15)4-1-6-8(4)13-2-7(14-6)10(12)16/h2,4-5,17H,1,3,11H2,(H2,12,16)/t4?,5-/m0/s1. The Morgan fingerprint density at radius 2 is 2.29 bits per heavy atom. The first-order chi connectivity index (χ1) is 8.04. The molecule has 4 N–H and O–H groups in total. The van der Waals surface area contributed by atoms with E-state index < -0.39 is 11.9 Å². The number of carbonyl (C=O) groups is 2. The third kappa shape index (κ3) is 2.03. The quantitative estimate of drug-likeness (QED) is 0.598. The number of Topliss-reactive ketones (excluding diaryl/α,β-unsaturated/α-hetero) is 1. The molecule has 1 aromatic heterocycles. The molecule has 1 aliphatic carbocycles. The third-order valence-corrected chi connectivity index (χ3v) is 3.16. The van der Waals surface area contributed by atoms with Gasteiger partial charge in [0.15, 0.2) is 5.78 Å². The molecule has 0 aliphatic heterocycles. The summed E-state index contributed by atoms with van der Waals surface area (Å²) in [6.07, 6.45) is 1.75. The van der Waals surface area contributed by atoms with Gasteiger partial charge < -0.3 is 11.5 Å². The molecular weight excluding hydrogens is 240 g/mol. The van der Waals surface area contributed by atoms with E-state index in [1.54, 1.807) is 0 Å². The lowest BCUT2D eigenvalue weighted by atomic mass is 9.80. The summed E-state index contributed by atoms with van der Waals surface area (Å²) in [5.41, 5.74) is 12.1. The van der Waals surface area contributed by atoms with Gasteiger partial charge in [-0.25, -0.2) is 4.98 Å². The monoisotopic (exact) mass is 252 g/mol. The van der Waals surface area contributed by atoms with E-state index in [1.165, 1.54) is 6.20 Å². The lowest BCUT2D eigenvalue weighted by Crippen LogP contribution is -2.41. The van der Waals surface area contributed by atoms with E-state index in [2.05, 4.69) is 22.6 Å². The van der Waals surface area contributed by atoms with Crippen molar-refractivity contribution in [3.8, 4) is 0 Å². The van der Waals surface area contributed by atoms with Gasteiger partial charge in [-0.3, -0.25) is 14.6 Å². The number of ketones is 1. The minimum Gasteiger partial charge on any atom is -0.364 e. The van der Waals surface area contributed by atoms with Gasteiger partial charge in [0, 0.05) is 12.2 Å². The van der Waals surface area contributed by atoms with Crippen LogP contribution in [0.3, 0.4) is 0 Å². The fourth-order valence-corrected chi connectivity index (χ4v) is 1.92. The molecule has 2 rings (SSSR count). The number of hydrogen-bond donors (Lipinski definition) is 3. The van der Waals surface area contributed by atoms with Gasteiger partial charge in [-0.15, -0.1) is 0 Å². The Labute approximate surface area is 103 Å². The zero-order chi connectivity index (χ0) is 12.6. The second kappa shape index (κ2) is 4.42. The minimum atomic E-state index is -0.623. The predicted molar refractivity (Wildman–Crippen MR) is 63.8 cm³/mol. The Morgan fingerprint density at radius 3 is 2.82 bits per heavy atom. The summed E-state index contributed by atoms with van der Waals surface area (Å²) in [5.74, 6) is -0.727. The molecule has 1 unspecified atom stereocenters. The number of rotatable bonds is 4. The number of aromatic nitrogens is 2. The average molecular weight is 252 g/mol. The molecule has 0 aromatic carbocycles. The molecule has 2 atom stereocenters. The summed E-state index contributed by atoms with van der Waals surface area (Å²) in [6.45, 7) is 0. The third-order valence-electron chi connectivity index (χ3n) is 2.76. The Kier molecular flexibility index (Phi) is 3.12. The maximum absolute atomic E-state index is 11.8. The highest BCUT2D eigenvalue weighted by Gasteiger charge is 2.37. The van der Waals surface area contributed by atoms with Gasteiger partial charge in [-0.1, -0.05) is 0 Å². The second-order valence-electron chi connectivity index (χ2n) is 3.90. The summed E-state index contributed by atoms with van der Waals surface area (Å²) in [7, 11) is 0. The van der Waals surface area contributed by atoms with Gasteiger partial charge in [-0.05, 0) is 0 Å². The Morgan fingerprint density at radius 1 is 1.59 bits per heavy atom. The van der Waals surface area contributed by atoms with Crippen LogP contribution in [0, 0.1) is 0 Å². The number of hydrogen-bond acceptors (Lipinski definition) is 6. The fraction of sp³-hybridized carbons (Fsp3) is 0.400. The molecule has 1 heterocycles. The number of fused-ring (bicyclic) bond motifs is 1. The first-order valence-corrected chi connectivity index (χ1v) is 5.73. The van der Waals surface area contributed by atoms with E-state index in [-0.39, 0.29) is 17.4 Å². The first kappa shape index (κ1) is 12.0. The van der Waals surface area contributed by atoms with Gasteiger partial charge in [0.05, 0.1) is 29.5 Å². The van der Waals surface area contributed by atoms with Crippen molar-refractivity contribution < 1.29 is 9.59 Å². The van der Waals surface area contributed by atoms with E-state index in [0.717, 1.165) is 0 Å². The lowest BCUT2D eigenvalue weighted by molar-refractivity contribution is -0.121. The number of carbonyl (C=O) groups excluding carboxylic acids is 2. The van der Waals surface area contributed by atoms with Crippen LogP contribution in [0.5, 0.6) is 0 Å². The van der Waals surface area contributed by atoms with Crippen LogP contribution < -0.4 is 11.5 Å². The first-order valence-electron chi connectivity index (χ1n) is 5.10. The number of nitrogens with zero attached hydrogens (tertiary/aromatic N) is 2. The van der Waals surface area contributed by atoms with Crippen LogP contribution in [-0.4, -0.2) is 33.5 Å². The van der Waals surface area contributed by atoms with E-state index in [0.29, 0.717) is 23.6 Å². The molecule has 6 nitrogen and oxygen atoms in total. The predicted octanol–water partition coefficient (Wildman–Crippen LogP) is -0.959. The summed E-state index contributed by atoms with van der Waals surface area (Å²) in [6, 6.07) is -0.589. The average Bonchev–Trinajstić information content (AvgIpc) is 2.28. The van der Waals surface area contributed by atoms with Crippen LogP contribution >= 0.6 is 12.6 Å². The molecule has 0 saturated heterocycles. The van der Waals surface area contributed by atoms with Crippen molar-refractivity contribution in [3.05, 3.63) is 23.3 Å². The maximum atomic E-state index is 11.8. The van der Waals surface area contributed by atoms with Crippen LogP contribution in [0.25, 0.3) is 0 Å². The molecule has 0 radical (unpaired) electrons. The number of thiol groups is 1. The highest BCUT2D eigenvalue weighted by molar-refractivity contribution is 7.80. The second-order valence-corrected chi connectivity index (χ2v) is 4.26. The van der Waals surface area contributed by atoms with Crippen molar-refractivity contribution in [3.63, 3.8) is 0 Å². The zero-order valence-corrected chi connectivity index (χ0v) is 9.85. The summed E-state index contributed by atoms with van der Waals surface area (Å²) in [4.78, 5) is 30.8. The molecule has 1 aliphatic rings. The lowest BCUT2D eigenvalue weighted by Gasteiger charge is -2.28. The van der Waals surface area contributed by atoms with Crippen molar-refractivity contribution in [2.45, 2.75) is 18.4 Å². The van der Waals surface area contributed by atoms with Gasteiger partial charge in [0.25, 0.3) is 5.91 Å². The molecule has 1 aromatic rings. The van der Waals surface area contributed by atoms with E-state index in [1.807, 2.05) is 0 Å². The van der Waals surface area contributed by atoms with E-state index >= 15 is 0 Å². The minimum absolute atomic E-state index is 0.0892. The van der Waals surface area contributed by atoms with Gasteiger partial charge in [0.1, 0.15) is 5.69 Å². The Bertz CT molecular complexity index is 491. The molecule has 0 fully saturated rings. The SMILES string of the molecule is NC(=O)c1cnc2c(n1)CC2C(=O)[C@@H](N)CS. The fourth-order valence-electron chi connectivity index (χ4n) is 1.74. The summed E-state index contributed by atoms with van der Waals surface area (Å²) in [5, 5.41) is 0. The van der Waals surface area contributed by atoms with Crippen molar-refractivity contribution >= 4 is 24.3 Å². The molecule has 1 amide bonds. The molecule has 90 valence electrons. The maximum Gasteiger partial charge on any atom is 0.268 e. The van der Waals surface area contributed by atoms with Crippen molar-refractivity contribution in [2.24, 2.45) is 11.5 Å². The highest BCUT2D eigenvalue weighted by Crippen LogP contribution is 2.33. The van der Waals surface area contributed by atoms with Crippen LogP contribution in [0.15, 0.2) is 6.20 Å². The van der Waals surface area contributed by atoms with E-state index in [4.69, 9.17) is 11.5 Å². The molecule has 0 spiro atoms. The van der Waals surface area contributed by atoms with Crippen LogP contribution in [0.4, 0.5) is 0 Å².